The van der Waals surface area contributed by atoms with Crippen molar-refractivity contribution in [3.05, 3.63) is 65.5 Å². The lowest BCUT2D eigenvalue weighted by Crippen LogP contribution is -2.27. The summed E-state index contributed by atoms with van der Waals surface area (Å²) in [5.41, 5.74) is 10.4. The summed E-state index contributed by atoms with van der Waals surface area (Å²) in [6.45, 7) is 0. The first-order valence-electron chi connectivity index (χ1n) is 6.33. The Morgan fingerprint density at radius 2 is 1.76 bits per heavy atom. The van der Waals surface area contributed by atoms with E-state index in [1.807, 2.05) is 42.5 Å². The van der Waals surface area contributed by atoms with E-state index in [-0.39, 0.29) is 16.7 Å². The number of nitrogens with zero attached hydrogens (tertiary/aromatic N) is 2. The van der Waals surface area contributed by atoms with Crippen LogP contribution in [0.2, 0.25) is 0 Å². The maximum Gasteiger partial charge on any atom is 0.243 e. The molecular formula is C15H13N5O. The average molecular weight is 279 g/mol. The Hall–Kier alpha value is -3.15. The first kappa shape index (κ1) is 12.9. The van der Waals surface area contributed by atoms with Crippen LogP contribution < -0.4 is 22.1 Å². The Morgan fingerprint density at radius 1 is 1.05 bits per heavy atom. The van der Waals surface area contributed by atoms with Crippen molar-refractivity contribution in [1.82, 2.24) is 4.98 Å². The van der Waals surface area contributed by atoms with Crippen LogP contribution in [0.25, 0.3) is 11.1 Å². The highest BCUT2D eigenvalue weighted by molar-refractivity contribution is 5.71. The zero-order valence-corrected chi connectivity index (χ0v) is 11.1. The standard InChI is InChI=1S/C15H13N5O/c16-14-13(20-19-10-6-2-1-3-7-10)15(17)21-12-9-5-4-8-11(12)18-14/h1-9,17,19H,(H2,16,18)/b17-15?,20-13-. The van der Waals surface area contributed by atoms with Crippen LogP contribution in [-0.2, 0) is 0 Å². The van der Waals surface area contributed by atoms with Crippen LogP contribution in [0.5, 0.6) is 0 Å². The Balaban J connectivity index is 2.16. The van der Waals surface area contributed by atoms with Crippen molar-refractivity contribution < 1.29 is 4.42 Å². The van der Waals surface area contributed by atoms with E-state index >= 15 is 0 Å². The zero-order valence-electron chi connectivity index (χ0n) is 11.1. The molecule has 0 aliphatic carbocycles. The number of para-hydroxylation sites is 3. The molecule has 104 valence electrons. The van der Waals surface area contributed by atoms with Gasteiger partial charge in [0.15, 0.2) is 16.8 Å². The summed E-state index contributed by atoms with van der Waals surface area (Å²) in [6, 6.07) is 16.5. The van der Waals surface area contributed by atoms with E-state index in [1.165, 1.54) is 0 Å². The van der Waals surface area contributed by atoms with Gasteiger partial charge >= 0.3 is 0 Å². The number of nitrogen functional groups attached to an aromatic ring is 1. The molecule has 1 heterocycles. The van der Waals surface area contributed by atoms with E-state index in [4.69, 9.17) is 15.6 Å². The topological polar surface area (TPSA) is 100 Å². The van der Waals surface area contributed by atoms with Crippen molar-refractivity contribution in [2.45, 2.75) is 0 Å². The Labute approximate surface area is 120 Å². The zero-order chi connectivity index (χ0) is 14.7. The van der Waals surface area contributed by atoms with Gasteiger partial charge in [-0.1, -0.05) is 30.3 Å². The molecule has 2 aromatic carbocycles. The number of nitrogens with one attached hydrogen (secondary N) is 2. The summed E-state index contributed by atoms with van der Waals surface area (Å²) in [4.78, 5) is 4.24. The van der Waals surface area contributed by atoms with E-state index in [0.717, 1.165) is 5.69 Å². The minimum Gasteiger partial charge on any atom is -0.435 e. The maximum absolute atomic E-state index is 7.96. The second-order valence-electron chi connectivity index (χ2n) is 4.33. The summed E-state index contributed by atoms with van der Waals surface area (Å²) in [5.74, 6) is 0.133. The van der Waals surface area contributed by atoms with E-state index < -0.39 is 0 Å². The quantitative estimate of drug-likeness (QED) is 0.623. The third-order valence-corrected chi connectivity index (χ3v) is 2.85. The number of fused-ring (bicyclic) bond motifs is 1. The highest BCUT2D eigenvalue weighted by Crippen LogP contribution is 2.07. The molecule has 0 unspecified atom stereocenters. The molecule has 0 amide bonds. The van der Waals surface area contributed by atoms with Gasteiger partial charge in [0.05, 0.1) is 5.69 Å². The fourth-order valence-electron chi connectivity index (χ4n) is 1.83. The van der Waals surface area contributed by atoms with Crippen LogP contribution in [0.1, 0.15) is 0 Å². The normalized spacial score (nSPS) is 11.5. The van der Waals surface area contributed by atoms with E-state index in [0.29, 0.717) is 11.1 Å². The van der Waals surface area contributed by atoms with Crippen molar-refractivity contribution in [2.24, 2.45) is 5.10 Å². The number of hydrogen-bond donors (Lipinski definition) is 3. The van der Waals surface area contributed by atoms with Crippen molar-refractivity contribution in [2.75, 3.05) is 11.2 Å². The minimum atomic E-state index is -0.148. The molecule has 3 rings (SSSR count). The molecule has 21 heavy (non-hydrogen) atoms. The summed E-state index contributed by atoms with van der Waals surface area (Å²) < 4.78 is 5.45. The molecule has 0 aliphatic heterocycles. The third-order valence-electron chi connectivity index (χ3n) is 2.85. The van der Waals surface area contributed by atoms with Crippen LogP contribution >= 0.6 is 0 Å². The lowest BCUT2D eigenvalue weighted by Gasteiger charge is -1.97. The molecule has 0 fully saturated rings. The monoisotopic (exact) mass is 279 g/mol. The number of hydrogen-bond acceptors (Lipinski definition) is 6. The molecule has 4 N–H and O–H groups in total. The first-order chi connectivity index (χ1) is 10.2. The number of anilines is 2. The van der Waals surface area contributed by atoms with E-state index in [9.17, 15) is 0 Å². The van der Waals surface area contributed by atoms with Crippen LogP contribution in [-0.4, -0.2) is 4.98 Å². The molecule has 3 aromatic rings. The van der Waals surface area contributed by atoms with Gasteiger partial charge in [0.25, 0.3) is 0 Å². The Morgan fingerprint density at radius 3 is 2.57 bits per heavy atom. The molecule has 0 saturated heterocycles. The molecule has 0 saturated carbocycles. The number of aromatic nitrogens is 1. The molecule has 0 atom stereocenters. The third kappa shape index (κ3) is 2.74. The summed E-state index contributed by atoms with van der Waals surface area (Å²) >= 11 is 0. The molecule has 6 heteroatoms. The van der Waals surface area contributed by atoms with Gasteiger partial charge in [-0.25, -0.2) is 4.98 Å². The predicted molar refractivity (Wildman–Crippen MR) is 79.9 cm³/mol. The van der Waals surface area contributed by atoms with Gasteiger partial charge in [-0.2, -0.15) is 5.10 Å². The van der Waals surface area contributed by atoms with Gasteiger partial charge in [0, 0.05) is 0 Å². The van der Waals surface area contributed by atoms with Crippen LogP contribution in [0.15, 0.2) is 64.1 Å². The number of nitrogens with two attached hydrogens (primary N) is 1. The number of benzene rings is 2. The van der Waals surface area contributed by atoms with Gasteiger partial charge in [-0.3, -0.25) is 10.8 Å². The average Bonchev–Trinajstić information content (AvgIpc) is 2.62. The maximum atomic E-state index is 7.96. The molecular weight excluding hydrogens is 266 g/mol. The lowest BCUT2D eigenvalue weighted by atomic mass is 10.3. The summed E-state index contributed by atoms with van der Waals surface area (Å²) in [6.07, 6.45) is 0. The van der Waals surface area contributed by atoms with Crippen molar-refractivity contribution in [3.8, 4) is 0 Å². The fourth-order valence-corrected chi connectivity index (χ4v) is 1.83. The van der Waals surface area contributed by atoms with Gasteiger partial charge in [0.2, 0.25) is 5.55 Å². The van der Waals surface area contributed by atoms with Crippen molar-refractivity contribution in [1.29, 1.82) is 5.41 Å². The van der Waals surface area contributed by atoms with Crippen LogP contribution in [0.3, 0.4) is 0 Å². The predicted octanol–water partition coefficient (Wildman–Crippen LogP) is 1.82. The van der Waals surface area contributed by atoms with Crippen molar-refractivity contribution >= 4 is 22.6 Å². The first-order valence-corrected chi connectivity index (χ1v) is 6.33. The molecule has 1 aromatic heterocycles. The second kappa shape index (κ2) is 5.46. The highest BCUT2D eigenvalue weighted by atomic mass is 16.3. The fraction of sp³-hybridized carbons (Fsp3) is 0. The summed E-state index contributed by atoms with van der Waals surface area (Å²) in [5, 5.41) is 12.2. The van der Waals surface area contributed by atoms with Gasteiger partial charge in [-0.15, -0.1) is 0 Å². The highest BCUT2D eigenvalue weighted by Gasteiger charge is 2.01. The van der Waals surface area contributed by atoms with E-state index in [1.54, 1.807) is 12.1 Å². The Kier molecular flexibility index (Phi) is 3.34. The van der Waals surface area contributed by atoms with Crippen molar-refractivity contribution in [3.63, 3.8) is 0 Å². The molecule has 0 spiro atoms. The van der Waals surface area contributed by atoms with Crippen LogP contribution in [0, 0.1) is 5.41 Å². The van der Waals surface area contributed by atoms with Gasteiger partial charge in [0.1, 0.15) is 5.52 Å². The van der Waals surface area contributed by atoms with E-state index in [2.05, 4.69) is 15.5 Å². The molecule has 0 bridgehead atoms. The Bertz CT molecular complexity index is 903. The SMILES string of the molecule is N=c1oc2ccccc2nc(N)/c1=N/Nc1ccccc1. The van der Waals surface area contributed by atoms with Gasteiger partial charge < -0.3 is 10.2 Å². The van der Waals surface area contributed by atoms with Crippen LogP contribution in [0.4, 0.5) is 11.5 Å². The number of rotatable bonds is 2. The smallest absolute Gasteiger partial charge is 0.243 e. The second-order valence-corrected chi connectivity index (χ2v) is 4.33. The van der Waals surface area contributed by atoms with Gasteiger partial charge in [-0.05, 0) is 24.3 Å². The summed E-state index contributed by atoms with van der Waals surface area (Å²) in [7, 11) is 0. The lowest BCUT2D eigenvalue weighted by molar-refractivity contribution is 0.527. The largest absolute Gasteiger partial charge is 0.435 e. The molecule has 0 aliphatic rings. The molecule has 6 nitrogen and oxygen atoms in total. The minimum absolute atomic E-state index is 0.133. The molecule has 0 radical (unpaired) electrons.